The van der Waals surface area contributed by atoms with Gasteiger partial charge in [0.25, 0.3) is 0 Å². The zero-order valence-electron chi connectivity index (χ0n) is 11.5. The minimum absolute atomic E-state index is 0.133. The number of methoxy groups -OCH3 is 1. The number of hydrogen-bond donors (Lipinski definition) is 1. The molecule has 1 N–H and O–H groups in total. The molecular formula is C15H16FNO3S. The molecule has 21 heavy (non-hydrogen) atoms. The molecule has 0 aromatic heterocycles. The van der Waals surface area contributed by atoms with Crippen LogP contribution in [0.2, 0.25) is 0 Å². The molecule has 4 nitrogen and oxygen atoms in total. The SMILES string of the molecule is COc1cccc(CNS(=O)(=O)Cc2ccccc2F)c1. The Labute approximate surface area is 123 Å². The second-order valence-corrected chi connectivity index (χ2v) is 6.33. The first-order valence-electron chi connectivity index (χ1n) is 6.34. The van der Waals surface area contributed by atoms with Gasteiger partial charge in [0, 0.05) is 12.1 Å². The molecule has 0 heterocycles. The van der Waals surface area contributed by atoms with Gasteiger partial charge in [-0.15, -0.1) is 0 Å². The number of sulfonamides is 1. The summed E-state index contributed by atoms with van der Waals surface area (Å²) in [6, 6.07) is 12.9. The summed E-state index contributed by atoms with van der Waals surface area (Å²) in [5, 5.41) is 0. The Hall–Kier alpha value is -1.92. The van der Waals surface area contributed by atoms with Gasteiger partial charge in [-0.25, -0.2) is 17.5 Å². The van der Waals surface area contributed by atoms with Gasteiger partial charge in [0.1, 0.15) is 11.6 Å². The van der Waals surface area contributed by atoms with Crippen LogP contribution in [0, 0.1) is 5.82 Å². The van der Waals surface area contributed by atoms with E-state index in [2.05, 4.69) is 4.72 Å². The second kappa shape index (κ2) is 6.69. The Morgan fingerprint density at radius 1 is 1.14 bits per heavy atom. The van der Waals surface area contributed by atoms with Gasteiger partial charge in [-0.2, -0.15) is 0 Å². The zero-order valence-corrected chi connectivity index (χ0v) is 12.4. The monoisotopic (exact) mass is 309 g/mol. The Bertz CT molecular complexity index is 716. The highest BCUT2D eigenvalue weighted by Crippen LogP contribution is 2.14. The first-order chi connectivity index (χ1) is 10.00. The van der Waals surface area contributed by atoms with Crippen LogP contribution >= 0.6 is 0 Å². The summed E-state index contributed by atoms with van der Waals surface area (Å²) in [6.07, 6.45) is 0. The lowest BCUT2D eigenvalue weighted by Gasteiger charge is -2.08. The lowest BCUT2D eigenvalue weighted by atomic mass is 10.2. The third-order valence-electron chi connectivity index (χ3n) is 2.93. The molecule has 0 spiro atoms. The smallest absolute Gasteiger partial charge is 0.216 e. The summed E-state index contributed by atoms with van der Waals surface area (Å²) >= 11 is 0. The third kappa shape index (κ3) is 4.54. The van der Waals surface area contributed by atoms with E-state index in [1.165, 1.54) is 18.2 Å². The van der Waals surface area contributed by atoms with Crippen molar-refractivity contribution in [2.45, 2.75) is 12.3 Å². The van der Waals surface area contributed by atoms with Gasteiger partial charge in [-0.1, -0.05) is 30.3 Å². The maximum Gasteiger partial charge on any atom is 0.216 e. The standard InChI is InChI=1S/C15H16FNO3S/c1-20-14-7-4-5-12(9-14)10-17-21(18,19)11-13-6-2-3-8-15(13)16/h2-9,17H,10-11H2,1H3. The molecule has 0 atom stereocenters. The lowest BCUT2D eigenvalue weighted by Crippen LogP contribution is -2.25. The highest BCUT2D eigenvalue weighted by atomic mass is 32.2. The second-order valence-electron chi connectivity index (χ2n) is 4.52. The van der Waals surface area contributed by atoms with Crippen molar-refractivity contribution >= 4 is 10.0 Å². The summed E-state index contributed by atoms with van der Waals surface area (Å²) in [4.78, 5) is 0. The van der Waals surface area contributed by atoms with E-state index < -0.39 is 15.8 Å². The normalized spacial score (nSPS) is 11.3. The summed E-state index contributed by atoms with van der Waals surface area (Å²) < 4.78 is 44.9. The molecule has 0 aliphatic carbocycles. The molecule has 0 saturated heterocycles. The molecule has 0 fully saturated rings. The number of benzene rings is 2. The van der Waals surface area contributed by atoms with E-state index in [4.69, 9.17) is 4.74 Å². The molecule has 0 radical (unpaired) electrons. The highest BCUT2D eigenvalue weighted by molar-refractivity contribution is 7.88. The van der Waals surface area contributed by atoms with Crippen molar-refractivity contribution in [2.24, 2.45) is 0 Å². The fraction of sp³-hybridized carbons (Fsp3) is 0.200. The van der Waals surface area contributed by atoms with Crippen LogP contribution in [-0.2, 0) is 22.3 Å². The average molecular weight is 309 g/mol. The van der Waals surface area contributed by atoms with Crippen LogP contribution in [0.15, 0.2) is 48.5 Å². The Morgan fingerprint density at radius 3 is 2.62 bits per heavy atom. The van der Waals surface area contributed by atoms with E-state index in [9.17, 15) is 12.8 Å². The molecule has 2 aromatic carbocycles. The van der Waals surface area contributed by atoms with Crippen LogP contribution < -0.4 is 9.46 Å². The van der Waals surface area contributed by atoms with Crippen LogP contribution in [0.3, 0.4) is 0 Å². The summed E-state index contributed by atoms with van der Waals surface area (Å²) in [7, 11) is -2.06. The molecular weight excluding hydrogens is 293 g/mol. The molecule has 0 amide bonds. The molecule has 2 aromatic rings. The van der Waals surface area contributed by atoms with E-state index in [0.717, 1.165) is 5.56 Å². The van der Waals surface area contributed by atoms with Gasteiger partial charge in [0.2, 0.25) is 10.0 Å². The summed E-state index contributed by atoms with van der Waals surface area (Å²) in [5.41, 5.74) is 0.919. The van der Waals surface area contributed by atoms with Gasteiger partial charge >= 0.3 is 0 Å². The first kappa shape index (κ1) is 15.5. The third-order valence-corrected chi connectivity index (χ3v) is 4.21. The molecule has 0 saturated carbocycles. The fourth-order valence-electron chi connectivity index (χ4n) is 1.85. The van der Waals surface area contributed by atoms with Crippen LogP contribution in [0.4, 0.5) is 4.39 Å². The number of halogens is 1. The largest absolute Gasteiger partial charge is 0.497 e. The molecule has 112 valence electrons. The fourth-order valence-corrected chi connectivity index (χ4v) is 2.98. The topological polar surface area (TPSA) is 55.4 Å². The van der Waals surface area contributed by atoms with Gasteiger partial charge < -0.3 is 4.74 Å². The van der Waals surface area contributed by atoms with Crippen molar-refractivity contribution in [3.63, 3.8) is 0 Å². The Balaban J connectivity index is 2.03. The minimum Gasteiger partial charge on any atom is -0.497 e. The molecule has 0 bridgehead atoms. The van der Waals surface area contributed by atoms with Crippen LogP contribution in [0.25, 0.3) is 0 Å². The van der Waals surface area contributed by atoms with Crippen molar-refractivity contribution < 1.29 is 17.5 Å². The van der Waals surface area contributed by atoms with Crippen LogP contribution in [0.1, 0.15) is 11.1 Å². The highest BCUT2D eigenvalue weighted by Gasteiger charge is 2.14. The Kier molecular flexibility index (Phi) is 4.93. The van der Waals surface area contributed by atoms with Crippen LogP contribution in [-0.4, -0.2) is 15.5 Å². The number of hydrogen-bond acceptors (Lipinski definition) is 3. The van der Waals surface area contributed by atoms with E-state index in [1.807, 2.05) is 0 Å². The molecule has 6 heteroatoms. The number of rotatable bonds is 6. The van der Waals surface area contributed by atoms with Crippen LogP contribution in [0.5, 0.6) is 5.75 Å². The Morgan fingerprint density at radius 2 is 1.90 bits per heavy atom. The minimum atomic E-state index is -3.61. The van der Waals surface area contributed by atoms with E-state index in [-0.39, 0.29) is 17.9 Å². The molecule has 0 aliphatic rings. The van der Waals surface area contributed by atoms with Gasteiger partial charge in [0.15, 0.2) is 0 Å². The van der Waals surface area contributed by atoms with Crippen molar-refractivity contribution in [2.75, 3.05) is 7.11 Å². The van der Waals surface area contributed by atoms with Gasteiger partial charge in [0.05, 0.1) is 12.9 Å². The molecule has 0 unspecified atom stereocenters. The average Bonchev–Trinajstić information content (AvgIpc) is 2.48. The first-order valence-corrected chi connectivity index (χ1v) is 7.99. The predicted molar refractivity (Wildman–Crippen MR) is 78.9 cm³/mol. The van der Waals surface area contributed by atoms with E-state index in [1.54, 1.807) is 37.4 Å². The maximum atomic E-state index is 13.5. The molecule has 2 rings (SSSR count). The molecule has 0 aliphatic heterocycles. The van der Waals surface area contributed by atoms with E-state index >= 15 is 0 Å². The predicted octanol–water partition coefficient (Wildman–Crippen LogP) is 2.45. The number of nitrogens with one attached hydrogen (secondary N) is 1. The maximum absolute atomic E-state index is 13.5. The number of ether oxygens (including phenoxy) is 1. The van der Waals surface area contributed by atoms with E-state index in [0.29, 0.717) is 5.75 Å². The van der Waals surface area contributed by atoms with Gasteiger partial charge in [-0.05, 0) is 23.8 Å². The van der Waals surface area contributed by atoms with Crippen molar-refractivity contribution in [1.29, 1.82) is 0 Å². The van der Waals surface area contributed by atoms with Gasteiger partial charge in [-0.3, -0.25) is 0 Å². The van der Waals surface area contributed by atoms with Crippen molar-refractivity contribution in [3.05, 3.63) is 65.5 Å². The lowest BCUT2D eigenvalue weighted by molar-refractivity contribution is 0.414. The quantitative estimate of drug-likeness (QED) is 0.892. The summed E-state index contributed by atoms with van der Waals surface area (Å²) in [5.74, 6) is -0.256. The van der Waals surface area contributed by atoms with Crippen molar-refractivity contribution in [1.82, 2.24) is 4.72 Å². The van der Waals surface area contributed by atoms with Crippen molar-refractivity contribution in [3.8, 4) is 5.75 Å². The summed E-state index contributed by atoms with van der Waals surface area (Å²) in [6.45, 7) is 0.133. The zero-order chi connectivity index (χ0) is 15.3.